The number of piperidine rings is 2. The highest BCUT2D eigenvalue weighted by atomic mass is 19.1. The van der Waals surface area contributed by atoms with Gasteiger partial charge < -0.3 is 19.4 Å². The van der Waals surface area contributed by atoms with Crippen LogP contribution >= 0.6 is 0 Å². The van der Waals surface area contributed by atoms with E-state index in [2.05, 4.69) is 20.0 Å². The molecule has 5 rings (SSSR count). The Morgan fingerprint density at radius 3 is 2.44 bits per heavy atom. The van der Waals surface area contributed by atoms with Crippen molar-refractivity contribution in [2.45, 2.75) is 37.1 Å². The number of rotatable bonds is 3. The lowest BCUT2D eigenvalue weighted by molar-refractivity contribution is 0.104. The summed E-state index contributed by atoms with van der Waals surface area (Å²) in [5.74, 6) is 1.20. The van der Waals surface area contributed by atoms with Gasteiger partial charge in [0.2, 0.25) is 5.88 Å². The molecule has 1 spiro atoms. The van der Waals surface area contributed by atoms with E-state index in [1.54, 1.807) is 38.2 Å². The van der Waals surface area contributed by atoms with E-state index in [1.165, 1.54) is 6.07 Å². The standard InChI is InChI=1S/C25H33FN6O2/c1-29(2)24(33)32-17-25(20-16-18(26)4-5-21(20)32)10-14-30(15-11-25)19-8-12-31(13-9-19)22-6-7-23(34-3)28-27-22/h4-7,16,19H,8-15,17H2,1-3H3. The highest BCUT2D eigenvalue weighted by Crippen LogP contribution is 2.48. The van der Waals surface area contributed by atoms with Crippen molar-refractivity contribution in [1.29, 1.82) is 0 Å². The van der Waals surface area contributed by atoms with E-state index >= 15 is 0 Å². The third-order valence-electron chi connectivity index (χ3n) is 7.79. The van der Waals surface area contributed by atoms with Gasteiger partial charge in [-0.1, -0.05) is 0 Å². The molecule has 0 bridgehead atoms. The van der Waals surface area contributed by atoms with Crippen LogP contribution in [0.15, 0.2) is 30.3 Å². The Kier molecular flexibility index (Phi) is 6.06. The summed E-state index contributed by atoms with van der Waals surface area (Å²) in [6.07, 6.45) is 4.03. The molecule has 1 aromatic heterocycles. The number of halogens is 1. The Hall–Kier alpha value is -2.94. The number of urea groups is 1. The SMILES string of the molecule is COc1ccc(N2CCC(N3CCC4(CC3)CN(C(=O)N(C)C)c3ccc(F)cc34)CC2)nn1. The number of ether oxygens (including phenoxy) is 1. The highest BCUT2D eigenvalue weighted by Gasteiger charge is 2.47. The molecule has 3 aliphatic rings. The fourth-order valence-electron chi connectivity index (χ4n) is 5.85. The number of hydrogen-bond donors (Lipinski definition) is 0. The van der Waals surface area contributed by atoms with E-state index in [1.807, 2.05) is 17.0 Å². The number of nitrogens with zero attached hydrogens (tertiary/aromatic N) is 6. The Balaban J connectivity index is 1.23. The largest absolute Gasteiger partial charge is 0.480 e. The summed E-state index contributed by atoms with van der Waals surface area (Å²) in [7, 11) is 5.13. The Bertz CT molecular complexity index is 1030. The number of carbonyl (C=O) groups is 1. The number of methoxy groups -OCH3 is 1. The molecule has 2 saturated heterocycles. The molecule has 2 fully saturated rings. The molecule has 0 aliphatic carbocycles. The zero-order valence-corrected chi connectivity index (χ0v) is 20.2. The van der Waals surface area contributed by atoms with Gasteiger partial charge in [-0.05, 0) is 68.6 Å². The number of hydrogen-bond acceptors (Lipinski definition) is 6. The van der Waals surface area contributed by atoms with Gasteiger partial charge in [0.25, 0.3) is 0 Å². The molecule has 182 valence electrons. The lowest BCUT2D eigenvalue weighted by atomic mass is 9.74. The van der Waals surface area contributed by atoms with Crippen LogP contribution in [-0.4, -0.2) is 86.0 Å². The second-order valence-electron chi connectivity index (χ2n) is 9.89. The zero-order chi connectivity index (χ0) is 23.9. The van der Waals surface area contributed by atoms with Crippen molar-refractivity contribution in [3.8, 4) is 5.88 Å². The predicted molar refractivity (Wildman–Crippen MR) is 129 cm³/mol. The first kappa shape index (κ1) is 22.8. The monoisotopic (exact) mass is 468 g/mol. The predicted octanol–water partition coefficient (Wildman–Crippen LogP) is 3.13. The first-order valence-electron chi connectivity index (χ1n) is 12.1. The maximum Gasteiger partial charge on any atom is 0.323 e. The number of benzene rings is 1. The number of aromatic nitrogens is 2. The molecule has 0 saturated carbocycles. The van der Waals surface area contributed by atoms with E-state index in [-0.39, 0.29) is 17.3 Å². The molecule has 4 heterocycles. The van der Waals surface area contributed by atoms with Crippen molar-refractivity contribution < 1.29 is 13.9 Å². The molecule has 2 amide bonds. The van der Waals surface area contributed by atoms with Crippen molar-refractivity contribution in [2.75, 3.05) is 63.7 Å². The van der Waals surface area contributed by atoms with Crippen molar-refractivity contribution in [3.05, 3.63) is 41.7 Å². The molecule has 0 unspecified atom stereocenters. The summed E-state index contributed by atoms with van der Waals surface area (Å²) in [6.45, 7) is 4.46. The zero-order valence-electron chi connectivity index (χ0n) is 20.2. The number of fused-ring (bicyclic) bond motifs is 2. The topological polar surface area (TPSA) is 65.0 Å². The number of likely N-dealkylation sites (tertiary alicyclic amines) is 1. The molecular formula is C25H33FN6O2. The fraction of sp³-hybridized carbons (Fsp3) is 0.560. The van der Waals surface area contributed by atoms with Crippen molar-refractivity contribution >= 4 is 17.5 Å². The maximum absolute atomic E-state index is 14.2. The van der Waals surface area contributed by atoms with Crippen LogP contribution in [0.3, 0.4) is 0 Å². The molecular weight excluding hydrogens is 435 g/mol. The maximum atomic E-state index is 14.2. The van der Waals surface area contributed by atoms with Gasteiger partial charge in [0.1, 0.15) is 5.82 Å². The van der Waals surface area contributed by atoms with Gasteiger partial charge >= 0.3 is 6.03 Å². The summed E-state index contributed by atoms with van der Waals surface area (Å²) in [4.78, 5) is 21.2. The molecule has 2 aromatic rings. The van der Waals surface area contributed by atoms with E-state index in [4.69, 9.17) is 4.74 Å². The molecule has 0 N–H and O–H groups in total. The minimum absolute atomic E-state index is 0.0406. The Labute approximate surface area is 200 Å². The first-order chi connectivity index (χ1) is 16.4. The van der Waals surface area contributed by atoms with Gasteiger partial charge in [-0.3, -0.25) is 4.90 Å². The third kappa shape index (κ3) is 4.06. The fourth-order valence-corrected chi connectivity index (χ4v) is 5.85. The van der Waals surface area contributed by atoms with Gasteiger partial charge in [0, 0.05) is 56.9 Å². The average molecular weight is 469 g/mol. The summed E-state index contributed by atoms with van der Waals surface area (Å²) in [5.41, 5.74) is 1.69. The number of carbonyl (C=O) groups excluding carboxylic acids is 1. The average Bonchev–Trinajstić information content (AvgIpc) is 3.17. The summed E-state index contributed by atoms with van der Waals surface area (Å²) in [5, 5.41) is 8.39. The number of amides is 2. The van der Waals surface area contributed by atoms with Gasteiger partial charge in [-0.25, -0.2) is 9.18 Å². The molecule has 8 nitrogen and oxygen atoms in total. The number of anilines is 2. The normalized spacial score (nSPS) is 20.5. The lowest BCUT2D eigenvalue weighted by Crippen LogP contribution is -2.52. The smallest absolute Gasteiger partial charge is 0.323 e. The lowest BCUT2D eigenvalue weighted by Gasteiger charge is -2.45. The van der Waals surface area contributed by atoms with E-state index in [0.717, 1.165) is 68.9 Å². The second-order valence-corrected chi connectivity index (χ2v) is 9.89. The first-order valence-corrected chi connectivity index (χ1v) is 12.1. The second kappa shape index (κ2) is 9.02. The van der Waals surface area contributed by atoms with E-state index in [0.29, 0.717) is 18.5 Å². The summed E-state index contributed by atoms with van der Waals surface area (Å²) >= 11 is 0. The van der Waals surface area contributed by atoms with Crippen molar-refractivity contribution in [3.63, 3.8) is 0 Å². The van der Waals surface area contributed by atoms with Crippen LogP contribution < -0.4 is 14.5 Å². The van der Waals surface area contributed by atoms with Crippen molar-refractivity contribution in [1.82, 2.24) is 20.0 Å². The quantitative estimate of drug-likeness (QED) is 0.690. The van der Waals surface area contributed by atoms with Crippen LogP contribution in [0.4, 0.5) is 20.7 Å². The minimum atomic E-state index is -0.228. The van der Waals surface area contributed by atoms with Crippen LogP contribution in [0.25, 0.3) is 0 Å². The van der Waals surface area contributed by atoms with E-state index in [9.17, 15) is 9.18 Å². The Morgan fingerprint density at radius 1 is 1.09 bits per heavy atom. The van der Waals surface area contributed by atoms with Gasteiger partial charge in [0.05, 0.1) is 7.11 Å². The summed E-state index contributed by atoms with van der Waals surface area (Å²) < 4.78 is 19.3. The van der Waals surface area contributed by atoms with Gasteiger partial charge in [-0.15, -0.1) is 10.2 Å². The molecule has 0 radical (unpaired) electrons. The van der Waals surface area contributed by atoms with Crippen LogP contribution in [0, 0.1) is 5.82 Å². The van der Waals surface area contributed by atoms with Gasteiger partial charge in [0.15, 0.2) is 5.82 Å². The molecule has 34 heavy (non-hydrogen) atoms. The van der Waals surface area contributed by atoms with Gasteiger partial charge in [-0.2, -0.15) is 0 Å². The third-order valence-corrected chi connectivity index (χ3v) is 7.79. The van der Waals surface area contributed by atoms with Crippen LogP contribution in [0.1, 0.15) is 31.2 Å². The Morgan fingerprint density at radius 2 is 1.82 bits per heavy atom. The molecule has 0 atom stereocenters. The van der Waals surface area contributed by atoms with E-state index < -0.39 is 0 Å². The summed E-state index contributed by atoms with van der Waals surface area (Å²) in [6, 6.07) is 9.20. The molecule has 3 aliphatic heterocycles. The molecule has 1 aromatic carbocycles. The minimum Gasteiger partial charge on any atom is -0.480 e. The van der Waals surface area contributed by atoms with Crippen LogP contribution in [0.5, 0.6) is 5.88 Å². The molecule has 9 heteroatoms. The van der Waals surface area contributed by atoms with Crippen molar-refractivity contribution in [2.24, 2.45) is 0 Å². The van der Waals surface area contributed by atoms with Crippen LogP contribution in [0.2, 0.25) is 0 Å². The highest BCUT2D eigenvalue weighted by molar-refractivity contribution is 5.95. The van der Waals surface area contributed by atoms with Crippen LogP contribution in [-0.2, 0) is 5.41 Å².